The molecule has 1 saturated heterocycles. The lowest BCUT2D eigenvalue weighted by Crippen LogP contribution is -2.46. The molecule has 1 aliphatic heterocycles. The van der Waals surface area contributed by atoms with Crippen LogP contribution < -0.4 is 10.9 Å². The lowest BCUT2D eigenvalue weighted by Gasteiger charge is -2.32. The fourth-order valence-electron chi connectivity index (χ4n) is 3.13. The van der Waals surface area contributed by atoms with Crippen LogP contribution in [0.2, 0.25) is 0 Å². The van der Waals surface area contributed by atoms with Gasteiger partial charge in [0.25, 0.3) is 5.56 Å². The predicted octanol–water partition coefficient (Wildman–Crippen LogP) is 2.41. The molecule has 0 radical (unpaired) electrons. The molecule has 2 aromatic rings. The number of alkyl carbamates (subject to hydrolysis) is 1. The van der Waals surface area contributed by atoms with Crippen LogP contribution in [0, 0.1) is 0 Å². The van der Waals surface area contributed by atoms with Gasteiger partial charge in [-0.05, 0) is 45.7 Å². The van der Waals surface area contributed by atoms with Crippen molar-refractivity contribution in [2.24, 2.45) is 0 Å². The number of piperidine rings is 1. The van der Waals surface area contributed by atoms with Gasteiger partial charge in [-0.2, -0.15) is 0 Å². The molecule has 2 N–H and O–H groups in total. The third-order valence-corrected chi connectivity index (χ3v) is 4.34. The summed E-state index contributed by atoms with van der Waals surface area (Å²) in [4.78, 5) is 33.7. The largest absolute Gasteiger partial charge is 0.444 e. The van der Waals surface area contributed by atoms with Crippen molar-refractivity contribution in [1.29, 1.82) is 0 Å². The zero-order valence-electron chi connectivity index (χ0n) is 15.5. The molecule has 1 aromatic carbocycles. The van der Waals surface area contributed by atoms with Gasteiger partial charge in [-0.25, -0.2) is 9.78 Å². The van der Waals surface area contributed by atoms with E-state index in [1.807, 2.05) is 39.0 Å². The maximum Gasteiger partial charge on any atom is 0.407 e. The number of para-hydroxylation sites is 1. The maximum absolute atomic E-state index is 12.2. The SMILES string of the molecule is CC(C)(C)OC(=O)NC1CCN(Cc2nc3ccccc3c(=O)[nH]2)CC1. The van der Waals surface area contributed by atoms with E-state index in [0.717, 1.165) is 25.9 Å². The van der Waals surface area contributed by atoms with Gasteiger partial charge in [-0.15, -0.1) is 0 Å². The van der Waals surface area contributed by atoms with Crippen molar-refractivity contribution in [3.8, 4) is 0 Å². The Morgan fingerprint density at radius 1 is 1.31 bits per heavy atom. The molecule has 0 bridgehead atoms. The highest BCUT2D eigenvalue weighted by Crippen LogP contribution is 2.14. The van der Waals surface area contributed by atoms with Crippen LogP contribution in [-0.2, 0) is 11.3 Å². The highest BCUT2D eigenvalue weighted by molar-refractivity contribution is 5.77. The average molecular weight is 358 g/mol. The minimum absolute atomic E-state index is 0.105. The van der Waals surface area contributed by atoms with Crippen LogP contribution in [0.5, 0.6) is 0 Å². The number of fused-ring (bicyclic) bond motifs is 1. The minimum Gasteiger partial charge on any atom is -0.444 e. The van der Waals surface area contributed by atoms with Gasteiger partial charge in [0.15, 0.2) is 0 Å². The van der Waals surface area contributed by atoms with E-state index in [1.165, 1.54) is 0 Å². The number of nitrogens with zero attached hydrogens (tertiary/aromatic N) is 2. The molecule has 0 atom stereocenters. The summed E-state index contributed by atoms with van der Waals surface area (Å²) in [5.41, 5.74) is 0.123. The summed E-state index contributed by atoms with van der Waals surface area (Å²) >= 11 is 0. The minimum atomic E-state index is -0.488. The number of benzene rings is 1. The Kier molecular flexibility index (Phi) is 5.27. The zero-order valence-corrected chi connectivity index (χ0v) is 15.5. The molecule has 0 saturated carbocycles. The van der Waals surface area contributed by atoms with E-state index in [-0.39, 0.29) is 17.7 Å². The number of hydrogen-bond acceptors (Lipinski definition) is 5. The second-order valence-electron chi connectivity index (χ2n) is 7.73. The molecular weight excluding hydrogens is 332 g/mol. The third kappa shape index (κ3) is 4.82. The second-order valence-corrected chi connectivity index (χ2v) is 7.73. The van der Waals surface area contributed by atoms with E-state index >= 15 is 0 Å². The standard InChI is InChI=1S/C19H26N4O3/c1-19(2,3)26-18(25)20-13-8-10-23(11-9-13)12-16-21-15-7-5-4-6-14(15)17(24)22-16/h4-7,13H,8-12H2,1-3H3,(H,20,25)(H,21,22,24). The van der Waals surface area contributed by atoms with Crippen LogP contribution in [0.25, 0.3) is 10.9 Å². The smallest absolute Gasteiger partial charge is 0.407 e. The van der Waals surface area contributed by atoms with Crippen LogP contribution in [0.4, 0.5) is 4.79 Å². The second kappa shape index (κ2) is 7.45. The summed E-state index contributed by atoms with van der Waals surface area (Å²) in [6, 6.07) is 7.46. The lowest BCUT2D eigenvalue weighted by atomic mass is 10.1. The number of hydrogen-bond donors (Lipinski definition) is 2. The third-order valence-electron chi connectivity index (χ3n) is 4.34. The average Bonchev–Trinajstić information content (AvgIpc) is 2.55. The summed E-state index contributed by atoms with van der Waals surface area (Å²) in [6.45, 7) is 7.82. The van der Waals surface area contributed by atoms with Gasteiger partial charge in [-0.3, -0.25) is 9.69 Å². The molecule has 1 aliphatic rings. The Morgan fingerprint density at radius 3 is 2.69 bits per heavy atom. The molecule has 7 heteroatoms. The van der Waals surface area contributed by atoms with Crippen LogP contribution in [0.1, 0.15) is 39.4 Å². The van der Waals surface area contributed by atoms with E-state index in [9.17, 15) is 9.59 Å². The number of ether oxygens (including phenoxy) is 1. The Labute approximate surface area is 152 Å². The Hall–Kier alpha value is -2.41. The van der Waals surface area contributed by atoms with Gasteiger partial charge in [0, 0.05) is 19.1 Å². The zero-order chi connectivity index (χ0) is 18.7. The van der Waals surface area contributed by atoms with Crippen molar-refractivity contribution in [3.05, 3.63) is 40.4 Å². The fourth-order valence-corrected chi connectivity index (χ4v) is 3.13. The number of carbonyl (C=O) groups is 1. The van der Waals surface area contributed by atoms with Crippen LogP contribution in [0.15, 0.2) is 29.1 Å². The first-order valence-corrected chi connectivity index (χ1v) is 9.00. The van der Waals surface area contributed by atoms with Crippen LogP contribution in [-0.4, -0.2) is 45.7 Å². The van der Waals surface area contributed by atoms with Crippen molar-refractivity contribution in [2.45, 2.75) is 51.8 Å². The van der Waals surface area contributed by atoms with Crippen LogP contribution >= 0.6 is 0 Å². The Bertz CT molecular complexity index is 833. The van der Waals surface area contributed by atoms with Crippen molar-refractivity contribution in [3.63, 3.8) is 0 Å². The molecule has 1 aromatic heterocycles. The number of aromatic amines is 1. The highest BCUT2D eigenvalue weighted by atomic mass is 16.6. The number of H-pyrrole nitrogens is 1. The topological polar surface area (TPSA) is 87.3 Å². The first-order chi connectivity index (χ1) is 12.3. The van der Waals surface area contributed by atoms with Crippen molar-refractivity contribution < 1.29 is 9.53 Å². The summed E-state index contributed by atoms with van der Waals surface area (Å²) in [5, 5.41) is 3.54. The number of likely N-dealkylation sites (tertiary alicyclic amines) is 1. The molecule has 0 spiro atoms. The van der Waals surface area contributed by atoms with Gasteiger partial charge >= 0.3 is 6.09 Å². The van der Waals surface area contributed by atoms with Crippen LogP contribution in [0.3, 0.4) is 0 Å². The Morgan fingerprint density at radius 2 is 2.00 bits per heavy atom. The van der Waals surface area contributed by atoms with Gasteiger partial charge < -0.3 is 15.0 Å². The quantitative estimate of drug-likeness (QED) is 0.880. The first-order valence-electron chi connectivity index (χ1n) is 9.00. The van der Waals surface area contributed by atoms with Gasteiger partial charge in [-0.1, -0.05) is 12.1 Å². The molecule has 1 amide bonds. The van der Waals surface area contributed by atoms with E-state index in [4.69, 9.17) is 4.74 Å². The van der Waals surface area contributed by atoms with E-state index in [2.05, 4.69) is 20.2 Å². The van der Waals surface area contributed by atoms with Crippen molar-refractivity contribution >= 4 is 17.0 Å². The monoisotopic (exact) mass is 358 g/mol. The van der Waals surface area contributed by atoms with Crippen molar-refractivity contribution in [2.75, 3.05) is 13.1 Å². The first kappa shape index (κ1) is 18.4. The number of aromatic nitrogens is 2. The normalized spacial score (nSPS) is 16.6. The summed E-state index contributed by atoms with van der Waals surface area (Å²) < 4.78 is 5.30. The van der Waals surface area contributed by atoms with E-state index in [1.54, 1.807) is 6.07 Å². The van der Waals surface area contributed by atoms with E-state index < -0.39 is 5.60 Å². The lowest BCUT2D eigenvalue weighted by molar-refractivity contribution is 0.0477. The van der Waals surface area contributed by atoms with Gasteiger partial charge in [0.05, 0.1) is 17.4 Å². The summed E-state index contributed by atoms with van der Waals surface area (Å²) in [7, 11) is 0. The molecular formula is C19H26N4O3. The molecule has 2 heterocycles. The number of amides is 1. The maximum atomic E-state index is 12.2. The summed E-state index contributed by atoms with van der Waals surface area (Å²) in [6.07, 6.45) is 1.32. The molecule has 0 unspecified atom stereocenters. The van der Waals surface area contributed by atoms with Gasteiger partial charge in [0.1, 0.15) is 11.4 Å². The molecule has 7 nitrogen and oxygen atoms in total. The highest BCUT2D eigenvalue weighted by Gasteiger charge is 2.24. The molecule has 1 fully saturated rings. The summed E-state index contributed by atoms with van der Waals surface area (Å²) in [5.74, 6) is 0.673. The molecule has 140 valence electrons. The Balaban J connectivity index is 1.54. The number of rotatable bonds is 3. The predicted molar refractivity (Wildman–Crippen MR) is 100 cm³/mol. The van der Waals surface area contributed by atoms with Gasteiger partial charge in [0.2, 0.25) is 0 Å². The number of nitrogens with one attached hydrogen (secondary N) is 2. The van der Waals surface area contributed by atoms with E-state index in [0.29, 0.717) is 23.3 Å². The molecule has 3 rings (SSSR count). The van der Waals surface area contributed by atoms with Crippen molar-refractivity contribution in [1.82, 2.24) is 20.2 Å². The number of carbonyl (C=O) groups excluding carboxylic acids is 1. The molecule has 26 heavy (non-hydrogen) atoms. The molecule has 0 aliphatic carbocycles. The fraction of sp³-hybridized carbons (Fsp3) is 0.526.